The Balaban J connectivity index is 1.71. The normalized spacial score (nSPS) is 15.8. The van der Waals surface area contributed by atoms with E-state index in [-0.39, 0.29) is 12.0 Å². The molecule has 2 heterocycles. The highest BCUT2D eigenvalue weighted by Gasteiger charge is 2.26. The van der Waals surface area contributed by atoms with Gasteiger partial charge in [-0.2, -0.15) is 11.3 Å². The van der Waals surface area contributed by atoms with Crippen molar-refractivity contribution >= 4 is 40.1 Å². The van der Waals surface area contributed by atoms with E-state index in [4.69, 9.17) is 14.6 Å². The standard InChI is InChI=1S/C20H22N2O5S2/c1-12(2)27-16-8-14(18(23)22-20-21-17(11-29-20)19(24)25)7-15(9-16)26-5-3-13-4-6-28-10-13/h4,6-10,12,17H,3,5,11H2,1-2H3,(H,24,25)(H,21,22,23). The molecule has 0 saturated heterocycles. The molecule has 0 radical (unpaired) electrons. The number of carboxylic acid groups (broad SMARTS) is 1. The number of benzene rings is 1. The van der Waals surface area contributed by atoms with Crippen molar-refractivity contribution in [2.75, 3.05) is 12.4 Å². The van der Waals surface area contributed by atoms with E-state index in [1.54, 1.807) is 29.5 Å². The Morgan fingerprint density at radius 2 is 2.10 bits per heavy atom. The molecule has 0 spiro atoms. The zero-order valence-electron chi connectivity index (χ0n) is 16.1. The van der Waals surface area contributed by atoms with Crippen LogP contribution in [0.4, 0.5) is 0 Å². The van der Waals surface area contributed by atoms with Crippen molar-refractivity contribution in [3.05, 3.63) is 46.2 Å². The van der Waals surface area contributed by atoms with Gasteiger partial charge in [-0.15, -0.1) is 0 Å². The average molecular weight is 435 g/mol. The van der Waals surface area contributed by atoms with Crippen molar-refractivity contribution in [2.24, 2.45) is 4.99 Å². The van der Waals surface area contributed by atoms with Gasteiger partial charge in [-0.05, 0) is 48.4 Å². The molecule has 1 amide bonds. The molecule has 1 aliphatic rings. The van der Waals surface area contributed by atoms with Gasteiger partial charge in [-0.1, -0.05) is 11.8 Å². The lowest BCUT2D eigenvalue weighted by Gasteiger charge is -2.14. The van der Waals surface area contributed by atoms with Gasteiger partial charge < -0.3 is 19.9 Å². The second-order valence-electron chi connectivity index (χ2n) is 6.64. The van der Waals surface area contributed by atoms with Gasteiger partial charge in [0.15, 0.2) is 11.2 Å². The summed E-state index contributed by atoms with van der Waals surface area (Å²) in [6, 6.07) is 6.25. The third kappa shape index (κ3) is 6.23. The van der Waals surface area contributed by atoms with E-state index < -0.39 is 12.0 Å². The Labute approximate surface area is 177 Å². The van der Waals surface area contributed by atoms with E-state index in [9.17, 15) is 9.59 Å². The van der Waals surface area contributed by atoms with Gasteiger partial charge in [0.2, 0.25) is 0 Å². The van der Waals surface area contributed by atoms with Crippen LogP contribution in [0.15, 0.2) is 40.0 Å². The lowest BCUT2D eigenvalue weighted by molar-refractivity contribution is -0.137. The topological polar surface area (TPSA) is 97.2 Å². The van der Waals surface area contributed by atoms with Crippen molar-refractivity contribution in [1.29, 1.82) is 0 Å². The highest BCUT2D eigenvalue weighted by Crippen LogP contribution is 2.25. The van der Waals surface area contributed by atoms with Crippen LogP contribution in [0.3, 0.4) is 0 Å². The highest BCUT2D eigenvalue weighted by molar-refractivity contribution is 8.14. The maximum atomic E-state index is 12.7. The van der Waals surface area contributed by atoms with Crippen LogP contribution in [0.5, 0.6) is 11.5 Å². The Hall–Kier alpha value is -2.52. The molecule has 9 heteroatoms. The van der Waals surface area contributed by atoms with Crippen molar-refractivity contribution in [3.8, 4) is 11.5 Å². The molecule has 3 rings (SSSR count). The third-order valence-electron chi connectivity index (χ3n) is 3.91. The molecular formula is C20H22N2O5S2. The summed E-state index contributed by atoms with van der Waals surface area (Å²) in [6.07, 6.45) is 0.711. The monoisotopic (exact) mass is 434 g/mol. The number of nitrogens with zero attached hydrogens (tertiary/aromatic N) is 1. The molecule has 29 heavy (non-hydrogen) atoms. The zero-order chi connectivity index (χ0) is 20.8. The van der Waals surface area contributed by atoms with E-state index in [1.807, 2.05) is 19.2 Å². The van der Waals surface area contributed by atoms with Gasteiger partial charge in [0.05, 0.1) is 12.7 Å². The number of hydrogen-bond acceptors (Lipinski definition) is 7. The summed E-state index contributed by atoms with van der Waals surface area (Å²) in [6.45, 7) is 4.28. The number of carbonyl (C=O) groups is 2. The van der Waals surface area contributed by atoms with Gasteiger partial charge in [-0.3, -0.25) is 4.79 Å². The summed E-state index contributed by atoms with van der Waals surface area (Å²) < 4.78 is 11.6. The lowest BCUT2D eigenvalue weighted by atomic mass is 10.2. The van der Waals surface area contributed by atoms with E-state index in [1.165, 1.54) is 17.3 Å². The van der Waals surface area contributed by atoms with Crippen LogP contribution in [0, 0.1) is 0 Å². The average Bonchev–Trinajstić information content (AvgIpc) is 3.33. The van der Waals surface area contributed by atoms with E-state index in [2.05, 4.69) is 21.8 Å². The fourth-order valence-corrected chi connectivity index (χ4v) is 4.19. The Kier molecular flexibility index (Phi) is 7.16. The maximum Gasteiger partial charge on any atom is 0.329 e. The lowest BCUT2D eigenvalue weighted by Crippen LogP contribution is -2.27. The van der Waals surface area contributed by atoms with Crippen molar-refractivity contribution in [1.82, 2.24) is 5.32 Å². The number of thioether (sulfide) groups is 1. The molecule has 1 aromatic heterocycles. The molecule has 1 aliphatic heterocycles. The quantitative estimate of drug-likeness (QED) is 0.661. The molecule has 2 aromatic rings. The molecule has 0 fully saturated rings. The highest BCUT2D eigenvalue weighted by atomic mass is 32.2. The third-order valence-corrected chi connectivity index (χ3v) is 5.61. The first-order valence-corrected chi connectivity index (χ1v) is 11.0. The van der Waals surface area contributed by atoms with Crippen LogP contribution in [0.1, 0.15) is 29.8 Å². The van der Waals surface area contributed by atoms with Crippen LogP contribution < -0.4 is 14.8 Å². The summed E-state index contributed by atoms with van der Waals surface area (Å²) in [7, 11) is 0. The van der Waals surface area contributed by atoms with Gasteiger partial charge in [-0.25, -0.2) is 9.79 Å². The first-order chi connectivity index (χ1) is 13.9. The van der Waals surface area contributed by atoms with Crippen LogP contribution in [-0.4, -0.2) is 46.7 Å². The first kappa shape index (κ1) is 21.2. The van der Waals surface area contributed by atoms with Gasteiger partial charge in [0.1, 0.15) is 11.5 Å². The number of ether oxygens (including phenoxy) is 2. The molecule has 2 N–H and O–H groups in total. The van der Waals surface area contributed by atoms with Crippen molar-refractivity contribution < 1.29 is 24.2 Å². The minimum Gasteiger partial charge on any atom is -0.493 e. The Morgan fingerprint density at radius 3 is 2.76 bits per heavy atom. The zero-order valence-corrected chi connectivity index (χ0v) is 17.7. The number of carbonyl (C=O) groups excluding carboxylic acids is 1. The number of rotatable bonds is 8. The SMILES string of the molecule is CC(C)Oc1cc(OCCc2ccsc2)cc(C(=O)NC2=NC(C(=O)O)CS2)c1. The van der Waals surface area contributed by atoms with Gasteiger partial charge in [0.25, 0.3) is 5.91 Å². The van der Waals surface area contributed by atoms with Crippen molar-refractivity contribution in [2.45, 2.75) is 32.4 Å². The molecule has 0 aliphatic carbocycles. The van der Waals surface area contributed by atoms with Gasteiger partial charge in [0, 0.05) is 23.8 Å². The van der Waals surface area contributed by atoms with E-state index >= 15 is 0 Å². The minimum atomic E-state index is -1.00. The number of thiophene rings is 1. The second-order valence-corrected chi connectivity index (χ2v) is 8.43. The predicted molar refractivity (Wildman–Crippen MR) is 115 cm³/mol. The number of aliphatic imine (C=N–C) groups is 1. The summed E-state index contributed by atoms with van der Waals surface area (Å²) in [5.74, 6) is -0.0246. The van der Waals surface area contributed by atoms with Crippen LogP contribution in [0.2, 0.25) is 0 Å². The first-order valence-electron chi connectivity index (χ1n) is 9.11. The number of amides is 1. The smallest absolute Gasteiger partial charge is 0.329 e. The minimum absolute atomic E-state index is 0.0574. The van der Waals surface area contributed by atoms with Crippen molar-refractivity contribution in [3.63, 3.8) is 0 Å². The van der Waals surface area contributed by atoms with Crippen LogP contribution >= 0.6 is 23.1 Å². The molecule has 154 valence electrons. The molecule has 1 unspecified atom stereocenters. The molecule has 0 bridgehead atoms. The van der Waals surface area contributed by atoms with Gasteiger partial charge >= 0.3 is 5.97 Å². The Bertz CT molecular complexity index is 896. The molecule has 1 aromatic carbocycles. The fraction of sp³-hybridized carbons (Fsp3) is 0.350. The van der Waals surface area contributed by atoms with E-state index in [0.717, 1.165) is 6.42 Å². The molecular weight excluding hydrogens is 412 g/mol. The summed E-state index contributed by atoms with van der Waals surface area (Å²) in [4.78, 5) is 27.7. The Morgan fingerprint density at radius 1 is 1.31 bits per heavy atom. The van der Waals surface area contributed by atoms with Crippen LogP contribution in [-0.2, 0) is 11.2 Å². The fourth-order valence-electron chi connectivity index (χ4n) is 2.59. The predicted octanol–water partition coefficient (Wildman–Crippen LogP) is 3.44. The molecule has 7 nitrogen and oxygen atoms in total. The summed E-state index contributed by atoms with van der Waals surface area (Å²) in [5.41, 5.74) is 1.56. The van der Waals surface area contributed by atoms with E-state index in [0.29, 0.717) is 34.6 Å². The number of hydrogen-bond donors (Lipinski definition) is 2. The number of aliphatic carboxylic acids is 1. The number of amidine groups is 1. The second kappa shape index (κ2) is 9.80. The molecule has 0 saturated carbocycles. The maximum absolute atomic E-state index is 12.7. The number of nitrogens with one attached hydrogen (secondary N) is 1. The largest absolute Gasteiger partial charge is 0.493 e. The summed E-state index contributed by atoms with van der Waals surface area (Å²) >= 11 is 2.85. The summed E-state index contributed by atoms with van der Waals surface area (Å²) in [5, 5.41) is 16.1. The number of carboxylic acids is 1. The molecule has 1 atom stereocenters. The van der Waals surface area contributed by atoms with Crippen LogP contribution in [0.25, 0.3) is 0 Å².